The molecule has 8 heteroatoms. The zero-order valence-electron chi connectivity index (χ0n) is 12.0. The number of thiazole rings is 1. The molecule has 0 fully saturated rings. The molecule has 0 aliphatic rings. The van der Waals surface area contributed by atoms with Crippen molar-refractivity contribution in [3.05, 3.63) is 64.0 Å². The van der Waals surface area contributed by atoms with Crippen LogP contribution in [0, 0.1) is 17.1 Å². The third kappa shape index (κ3) is 3.40. The van der Waals surface area contributed by atoms with Gasteiger partial charge in [-0.05, 0) is 36.4 Å². The fourth-order valence-electron chi connectivity index (χ4n) is 1.93. The van der Waals surface area contributed by atoms with E-state index < -0.39 is 5.91 Å². The standard InChI is InChI=1S/C16H8ClFN4OS/c17-13-6-3-10(8-20-13)15(23)22-16-21-14(12(7-19)24-16)9-1-4-11(18)5-2-9/h1-6,8H,(H,21,22,23). The van der Waals surface area contributed by atoms with Crippen LogP contribution in [0.2, 0.25) is 5.15 Å². The third-order valence-electron chi connectivity index (χ3n) is 3.06. The highest BCUT2D eigenvalue weighted by atomic mass is 35.5. The molecule has 3 aromatic rings. The topological polar surface area (TPSA) is 78.7 Å². The number of pyridine rings is 1. The van der Waals surface area contributed by atoms with Crippen LogP contribution >= 0.6 is 22.9 Å². The molecule has 2 aromatic heterocycles. The molecule has 0 radical (unpaired) electrons. The number of amides is 1. The van der Waals surface area contributed by atoms with Crippen molar-refractivity contribution in [1.82, 2.24) is 9.97 Å². The van der Waals surface area contributed by atoms with Gasteiger partial charge in [0.15, 0.2) is 5.13 Å². The van der Waals surface area contributed by atoms with Gasteiger partial charge in [0.25, 0.3) is 5.91 Å². The second kappa shape index (κ2) is 6.74. The highest BCUT2D eigenvalue weighted by Gasteiger charge is 2.15. The highest BCUT2D eigenvalue weighted by Crippen LogP contribution is 2.30. The molecule has 0 atom stereocenters. The molecule has 0 spiro atoms. The lowest BCUT2D eigenvalue weighted by Gasteiger charge is -2.01. The maximum Gasteiger partial charge on any atom is 0.259 e. The van der Waals surface area contributed by atoms with E-state index in [0.717, 1.165) is 11.3 Å². The van der Waals surface area contributed by atoms with Gasteiger partial charge < -0.3 is 0 Å². The van der Waals surface area contributed by atoms with Crippen LogP contribution in [0.1, 0.15) is 15.2 Å². The van der Waals surface area contributed by atoms with Gasteiger partial charge in [-0.3, -0.25) is 10.1 Å². The summed E-state index contributed by atoms with van der Waals surface area (Å²) in [5.41, 5.74) is 1.31. The minimum absolute atomic E-state index is 0.269. The van der Waals surface area contributed by atoms with E-state index in [1.54, 1.807) is 0 Å². The van der Waals surface area contributed by atoms with Gasteiger partial charge in [-0.1, -0.05) is 22.9 Å². The summed E-state index contributed by atoms with van der Waals surface area (Å²) in [6, 6.07) is 10.7. The van der Waals surface area contributed by atoms with E-state index in [2.05, 4.69) is 15.3 Å². The number of hydrogen-bond acceptors (Lipinski definition) is 5. The number of aromatic nitrogens is 2. The molecule has 0 saturated heterocycles. The van der Waals surface area contributed by atoms with Crippen LogP contribution in [0.25, 0.3) is 11.3 Å². The summed E-state index contributed by atoms with van der Waals surface area (Å²) in [5.74, 6) is -0.792. The Morgan fingerprint density at radius 2 is 2.00 bits per heavy atom. The van der Waals surface area contributed by atoms with E-state index in [0.29, 0.717) is 21.7 Å². The van der Waals surface area contributed by atoms with Crippen LogP contribution in [0.3, 0.4) is 0 Å². The van der Waals surface area contributed by atoms with E-state index in [-0.39, 0.29) is 16.1 Å². The number of halogens is 2. The highest BCUT2D eigenvalue weighted by molar-refractivity contribution is 7.16. The van der Waals surface area contributed by atoms with Crippen molar-refractivity contribution < 1.29 is 9.18 Å². The first kappa shape index (κ1) is 16.1. The molecule has 118 valence electrons. The fourth-order valence-corrected chi connectivity index (χ4v) is 2.82. The Kier molecular flexibility index (Phi) is 4.51. The molecule has 1 amide bonds. The molecule has 3 rings (SSSR count). The van der Waals surface area contributed by atoms with Crippen LogP contribution < -0.4 is 5.32 Å². The lowest BCUT2D eigenvalue weighted by atomic mass is 10.1. The Labute approximate surface area is 145 Å². The molecule has 0 saturated carbocycles. The third-order valence-corrected chi connectivity index (χ3v) is 4.16. The van der Waals surface area contributed by atoms with Gasteiger partial charge in [-0.25, -0.2) is 14.4 Å². The molecule has 1 N–H and O–H groups in total. The van der Waals surface area contributed by atoms with Crippen molar-refractivity contribution >= 4 is 34.0 Å². The van der Waals surface area contributed by atoms with Crippen molar-refractivity contribution in [2.45, 2.75) is 0 Å². The smallest absolute Gasteiger partial charge is 0.259 e. The summed E-state index contributed by atoms with van der Waals surface area (Å²) < 4.78 is 13.0. The largest absolute Gasteiger partial charge is 0.298 e. The zero-order chi connectivity index (χ0) is 17.1. The molecule has 2 heterocycles. The quantitative estimate of drug-likeness (QED) is 0.714. The minimum Gasteiger partial charge on any atom is -0.298 e. The van der Waals surface area contributed by atoms with E-state index in [1.807, 2.05) is 6.07 Å². The van der Waals surface area contributed by atoms with Crippen LogP contribution in [0.4, 0.5) is 9.52 Å². The molecule has 0 unspecified atom stereocenters. The molecule has 0 aliphatic carbocycles. The summed E-state index contributed by atoms with van der Waals surface area (Å²) in [6.45, 7) is 0. The van der Waals surface area contributed by atoms with Crippen LogP contribution in [-0.4, -0.2) is 15.9 Å². The van der Waals surface area contributed by atoms with Gasteiger partial charge in [0.05, 0.1) is 5.56 Å². The van der Waals surface area contributed by atoms with Crippen molar-refractivity contribution in [1.29, 1.82) is 5.26 Å². The maximum absolute atomic E-state index is 13.0. The second-order valence-corrected chi connectivity index (χ2v) is 6.03. The van der Waals surface area contributed by atoms with Crippen LogP contribution in [0.15, 0.2) is 42.6 Å². The predicted octanol–water partition coefficient (Wildman–Crippen LogP) is 4.12. The van der Waals surface area contributed by atoms with Gasteiger partial charge in [0.2, 0.25) is 0 Å². The van der Waals surface area contributed by atoms with Gasteiger partial charge in [-0.2, -0.15) is 5.26 Å². The normalized spacial score (nSPS) is 10.2. The van der Waals surface area contributed by atoms with Gasteiger partial charge in [0, 0.05) is 11.8 Å². The number of hydrogen-bond donors (Lipinski definition) is 1. The first-order valence-electron chi connectivity index (χ1n) is 6.66. The number of rotatable bonds is 3. The number of nitriles is 1. The number of nitrogens with one attached hydrogen (secondary N) is 1. The summed E-state index contributed by atoms with van der Waals surface area (Å²) in [5, 5.41) is 12.4. The van der Waals surface area contributed by atoms with E-state index in [1.165, 1.54) is 42.6 Å². The zero-order valence-corrected chi connectivity index (χ0v) is 13.5. The molecule has 1 aromatic carbocycles. The summed E-state index contributed by atoms with van der Waals surface area (Å²) in [7, 11) is 0. The Morgan fingerprint density at radius 3 is 2.62 bits per heavy atom. The minimum atomic E-state index is -0.414. The molecular weight excluding hydrogens is 351 g/mol. The number of carbonyl (C=O) groups excluding carboxylic acids is 1. The van der Waals surface area contributed by atoms with Crippen molar-refractivity contribution in [3.8, 4) is 17.3 Å². The maximum atomic E-state index is 13.0. The summed E-state index contributed by atoms with van der Waals surface area (Å²) >= 11 is 6.72. The number of nitrogens with zero attached hydrogens (tertiary/aromatic N) is 3. The first-order chi connectivity index (χ1) is 11.6. The van der Waals surface area contributed by atoms with Crippen molar-refractivity contribution in [2.75, 3.05) is 5.32 Å². The molecule has 0 aliphatic heterocycles. The number of benzene rings is 1. The van der Waals surface area contributed by atoms with Crippen LogP contribution in [-0.2, 0) is 0 Å². The second-order valence-electron chi connectivity index (χ2n) is 4.64. The van der Waals surface area contributed by atoms with Gasteiger partial charge >= 0.3 is 0 Å². The van der Waals surface area contributed by atoms with Crippen LogP contribution in [0.5, 0.6) is 0 Å². The Morgan fingerprint density at radius 1 is 1.25 bits per heavy atom. The van der Waals surface area contributed by atoms with Gasteiger partial charge in [-0.15, -0.1) is 0 Å². The fraction of sp³-hybridized carbons (Fsp3) is 0. The molecule has 0 bridgehead atoms. The van der Waals surface area contributed by atoms with E-state index >= 15 is 0 Å². The lowest BCUT2D eigenvalue weighted by molar-refractivity contribution is 0.102. The van der Waals surface area contributed by atoms with Crippen molar-refractivity contribution in [3.63, 3.8) is 0 Å². The monoisotopic (exact) mass is 358 g/mol. The van der Waals surface area contributed by atoms with Gasteiger partial charge in [0.1, 0.15) is 27.6 Å². The lowest BCUT2D eigenvalue weighted by Crippen LogP contribution is -2.11. The SMILES string of the molecule is N#Cc1sc(NC(=O)c2ccc(Cl)nc2)nc1-c1ccc(F)cc1. The number of carbonyl (C=O) groups is 1. The summed E-state index contributed by atoms with van der Waals surface area (Å²) in [4.78, 5) is 20.6. The number of anilines is 1. The predicted molar refractivity (Wildman–Crippen MR) is 89.4 cm³/mol. The van der Waals surface area contributed by atoms with Crippen molar-refractivity contribution in [2.24, 2.45) is 0 Å². The first-order valence-corrected chi connectivity index (χ1v) is 7.86. The average molecular weight is 359 g/mol. The van der Waals surface area contributed by atoms with E-state index in [9.17, 15) is 14.4 Å². The Balaban J connectivity index is 1.87. The van der Waals surface area contributed by atoms with E-state index in [4.69, 9.17) is 11.6 Å². The average Bonchev–Trinajstić information content (AvgIpc) is 2.99. The molecule has 24 heavy (non-hydrogen) atoms. The Bertz CT molecular complexity index is 932. The summed E-state index contributed by atoms with van der Waals surface area (Å²) in [6.07, 6.45) is 1.34. The Hall–Kier alpha value is -2.82. The molecular formula is C16H8ClFN4OS. The molecule has 5 nitrogen and oxygen atoms in total.